The van der Waals surface area contributed by atoms with Gasteiger partial charge in [0.05, 0.1) is 6.10 Å². The molecule has 1 unspecified atom stereocenters. The maximum absolute atomic E-state index is 9.33. The van der Waals surface area contributed by atoms with Crippen LogP contribution < -0.4 is 0 Å². The van der Waals surface area contributed by atoms with Crippen molar-refractivity contribution in [2.75, 3.05) is 13.1 Å². The maximum atomic E-state index is 9.33. The number of aliphatic hydroxyl groups excluding tert-OH is 1. The monoisotopic (exact) mass is 201 g/mol. The normalized spacial score (nSPS) is 13.9. The lowest BCUT2D eigenvalue weighted by atomic mass is 10.2. The van der Waals surface area contributed by atoms with Gasteiger partial charge in [-0.15, -0.1) is 0 Å². The Morgan fingerprint density at radius 2 is 1.71 bits per heavy atom. The lowest BCUT2D eigenvalue weighted by Crippen LogP contribution is -2.37. The molecular weight excluding hydrogens is 174 g/mol. The molecule has 0 bridgehead atoms. The molecule has 0 aromatic carbocycles. The van der Waals surface area contributed by atoms with E-state index in [-0.39, 0.29) is 6.10 Å². The molecule has 0 saturated heterocycles. The number of aliphatic hydroxyl groups is 1. The second-order valence-corrected chi connectivity index (χ2v) is 4.50. The highest BCUT2D eigenvalue weighted by molar-refractivity contribution is 4.65. The molecule has 0 heterocycles. The first-order valence-corrected chi connectivity index (χ1v) is 6.00. The van der Waals surface area contributed by atoms with Crippen LogP contribution >= 0.6 is 0 Å². The number of hydrogen-bond donors (Lipinski definition) is 1. The molecule has 2 heteroatoms. The summed E-state index contributed by atoms with van der Waals surface area (Å²) in [5.74, 6) is 0. The molecule has 1 atom stereocenters. The van der Waals surface area contributed by atoms with Crippen molar-refractivity contribution < 1.29 is 5.11 Å². The summed E-state index contributed by atoms with van der Waals surface area (Å²) in [5, 5.41) is 9.33. The van der Waals surface area contributed by atoms with Crippen LogP contribution in [0.5, 0.6) is 0 Å². The largest absolute Gasteiger partial charge is 0.392 e. The molecule has 1 N–H and O–H groups in total. The predicted molar refractivity (Wildman–Crippen MR) is 62.5 cm³/mol. The fourth-order valence-electron chi connectivity index (χ4n) is 1.64. The van der Waals surface area contributed by atoms with Gasteiger partial charge in [-0.25, -0.2) is 0 Å². The minimum atomic E-state index is -0.205. The summed E-state index contributed by atoms with van der Waals surface area (Å²) in [4.78, 5) is 2.36. The van der Waals surface area contributed by atoms with E-state index in [0.29, 0.717) is 6.04 Å². The van der Waals surface area contributed by atoms with Gasteiger partial charge in [-0.05, 0) is 33.7 Å². The van der Waals surface area contributed by atoms with Gasteiger partial charge < -0.3 is 5.11 Å². The van der Waals surface area contributed by atoms with E-state index in [0.717, 1.165) is 13.1 Å². The Labute approximate surface area is 89.3 Å². The molecule has 2 nitrogen and oxygen atoms in total. The van der Waals surface area contributed by atoms with E-state index < -0.39 is 0 Å². The van der Waals surface area contributed by atoms with E-state index in [2.05, 4.69) is 25.7 Å². The first-order valence-electron chi connectivity index (χ1n) is 6.00. The van der Waals surface area contributed by atoms with Crippen molar-refractivity contribution in [3.05, 3.63) is 0 Å². The van der Waals surface area contributed by atoms with Crippen molar-refractivity contribution in [1.82, 2.24) is 4.90 Å². The van der Waals surface area contributed by atoms with Crippen LogP contribution in [-0.4, -0.2) is 35.2 Å². The first-order chi connectivity index (χ1) is 6.57. The predicted octanol–water partition coefficient (Wildman–Crippen LogP) is 2.66. The minimum absolute atomic E-state index is 0.205. The van der Waals surface area contributed by atoms with E-state index >= 15 is 0 Å². The van der Waals surface area contributed by atoms with E-state index in [4.69, 9.17) is 0 Å². The molecule has 14 heavy (non-hydrogen) atoms. The third-order valence-electron chi connectivity index (χ3n) is 2.53. The molecule has 0 radical (unpaired) electrons. The van der Waals surface area contributed by atoms with Gasteiger partial charge in [0.2, 0.25) is 0 Å². The van der Waals surface area contributed by atoms with E-state index in [9.17, 15) is 5.11 Å². The smallest absolute Gasteiger partial charge is 0.0639 e. The summed E-state index contributed by atoms with van der Waals surface area (Å²) in [6.45, 7) is 10.4. The number of hydrogen-bond acceptors (Lipinski definition) is 2. The summed E-state index contributed by atoms with van der Waals surface area (Å²) < 4.78 is 0. The fraction of sp³-hybridized carbons (Fsp3) is 1.00. The van der Waals surface area contributed by atoms with Crippen LogP contribution in [0.3, 0.4) is 0 Å². The van der Waals surface area contributed by atoms with Gasteiger partial charge >= 0.3 is 0 Å². The van der Waals surface area contributed by atoms with Gasteiger partial charge in [0, 0.05) is 12.6 Å². The quantitative estimate of drug-likeness (QED) is 0.610. The van der Waals surface area contributed by atoms with Crippen LogP contribution in [0.15, 0.2) is 0 Å². The van der Waals surface area contributed by atoms with Gasteiger partial charge in [-0.3, -0.25) is 4.90 Å². The number of nitrogens with zero attached hydrogens (tertiary/aromatic N) is 1. The Kier molecular flexibility index (Phi) is 8.20. The lowest BCUT2D eigenvalue weighted by molar-refractivity contribution is 0.106. The Balaban J connectivity index is 3.63. The average molecular weight is 201 g/mol. The minimum Gasteiger partial charge on any atom is -0.392 e. The average Bonchev–Trinajstić information content (AvgIpc) is 2.09. The highest BCUT2D eigenvalue weighted by atomic mass is 16.3. The summed E-state index contributed by atoms with van der Waals surface area (Å²) in [6.07, 6.45) is 5.00. The van der Waals surface area contributed by atoms with Gasteiger partial charge in [0.25, 0.3) is 0 Å². The fourth-order valence-corrected chi connectivity index (χ4v) is 1.64. The highest BCUT2D eigenvalue weighted by Crippen LogP contribution is 2.05. The van der Waals surface area contributed by atoms with Crippen LogP contribution in [0.4, 0.5) is 0 Å². The summed E-state index contributed by atoms with van der Waals surface area (Å²) in [7, 11) is 0. The Bertz CT molecular complexity index is 123. The Morgan fingerprint density at radius 1 is 1.07 bits per heavy atom. The molecule has 0 spiro atoms. The van der Waals surface area contributed by atoms with E-state index in [1.165, 1.54) is 25.7 Å². The highest BCUT2D eigenvalue weighted by Gasteiger charge is 2.10. The zero-order chi connectivity index (χ0) is 11.0. The van der Waals surface area contributed by atoms with Crippen LogP contribution in [0.1, 0.15) is 53.4 Å². The summed E-state index contributed by atoms with van der Waals surface area (Å²) >= 11 is 0. The molecular formula is C12H27NO. The molecule has 0 aromatic heterocycles. The first kappa shape index (κ1) is 13.9. The molecule has 0 rings (SSSR count). The topological polar surface area (TPSA) is 23.5 Å². The van der Waals surface area contributed by atoms with Crippen molar-refractivity contribution in [1.29, 1.82) is 0 Å². The molecule has 86 valence electrons. The van der Waals surface area contributed by atoms with E-state index in [1.807, 2.05) is 6.92 Å². The maximum Gasteiger partial charge on any atom is 0.0639 e. The van der Waals surface area contributed by atoms with Gasteiger partial charge in [0.1, 0.15) is 0 Å². The van der Waals surface area contributed by atoms with Crippen molar-refractivity contribution in [3.63, 3.8) is 0 Å². The molecule has 0 aliphatic heterocycles. The van der Waals surface area contributed by atoms with Gasteiger partial charge in [0.15, 0.2) is 0 Å². The van der Waals surface area contributed by atoms with Crippen LogP contribution in [0.2, 0.25) is 0 Å². The zero-order valence-electron chi connectivity index (χ0n) is 10.3. The lowest BCUT2D eigenvalue weighted by Gasteiger charge is -2.27. The van der Waals surface area contributed by atoms with Crippen LogP contribution in [-0.2, 0) is 0 Å². The number of unbranched alkanes of at least 4 members (excludes halogenated alkanes) is 3. The third kappa shape index (κ3) is 7.34. The molecule has 0 aliphatic carbocycles. The second-order valence-electron chi connectivity index (χ2n) is 4.50. The Hall–Kier alpha value is -0.0800. The van der Waals surface area contributed by atoms with Crippen LogP contribution in [0, 0.1) is 0 Å². The summed E-state index contributed by atoms with van der Waals surface area (Å²) in [6, 6.07) is 0.547. The zero-order valence-corrected chi connectivity index (χ0v) is 10.3. The van der Waals surface area contributed by atoms with Gasteiger partial charge in [-0.2, -0.15) is 0 Å². The summed E-state index contributed by atoms with van der Waals surface area (Å²) in [5.41, 5.74) is 0. The van der Waals surface area contributed by atoms with E-state index in [1.54, 1.807) is 0 Å². The van der Waals surface area contributed by atoms with Crippen molar-refractivity contribution in [3.8, 4) is 0 Å². The standard InChI is InChI=1S/C12H27NO/c1-5-6-7-8-9-13(11(2)3)10-12(4)14/h11-12,14H,5-10H2,1-4H3. The Morgan fingerprint density at radius 3 is 2.14 bits per heavy atom. The van der Waals surface area contributed by atoms with Crippen molar-refractivity contribution in [2.45, 2.75) is 65.5 Å². The number of rotatable bonds is 8. The second kappa shape index (κ2) is 8.25. The third-order valence-corrected chi connectivity index (χ3v) is 2.53. The van der Waals surface area contributed by atoms with Crippen LogP contribution in [0.25, 0.3) is 0 Å². The molecule has 0 fully saturated rings. The molecule has 0 saturated carbocycles. The molecule has 0 aliphatic rings. The van der Waals surface area contributed by atoms with Crippen molar-refractivity contribution in [2.24, 2.45) is 0 Å². The van der Waals surface area contributed by atoms with Crippen molar-refractivity contribution >= 4 is 0 Å². The molecule has 0 amide bonds. The SMILES string of the molecule is CCCCCCN(CC(C)O)C(C)C. The van der Waals surface area contributed by atoms with Gasteiger partial charge in [-0.1, -0.05) is 26.2 Å². The molecule has 0 aromatic rings.